The molecule has 2 nitrogen and oxygen atoms in total. The van der Waals surface area contributed by atoms with E-state index in [9.17, 15) is 5.11 Å². The molecular formula is C12H26O2. The monoisotopic (exact) mass is 202 g/mol. The summed E-state index contributed by atoms with van der Waals surface area (Å²) in [6.45, 7) is 8.90. The Kier molecular flexibility index (Phi) is 7.20. The second-order valence-electron chi connectivity index (χ2n) is 4.85. The van der Waals surface area contributed by atoms with Crippen LogP contribution in [0.4, 0.5) is 0 Å². The number of aliphatic hydroxyl groups excluding tert-OH is 2. The number of hydrogen-bond acceptors (Lipinski definition) is 2. The predicted molar refractivity (Wildman–Crippen MR) is 60.1 cm³/mol. The van der Waals surface area contributed by atoms with E-state index in [2.05, 4.69) is 27.7 Å². The maximum absolute atomic E-state index is 9.99. The molecule has 0 aromatic carbocycles. The highest BCUT2D eigenvalue weighted by Gasteiger charge is 2.24. The Hall–Kier alpha value is -0.0800. The van der Waals surface area contributed by atoms with Gasteiger partial charge in [-0.25, -0.2) is 0 Å². The quantitative estimate of drug-likeness (QED) is 0.622. The average Bonchev–Trinajstić information content (AvgIpc) is 2.03. The highest BCUT2D eigenvalue weighted by molar-refractivity contribution is 4.74. The second kappa shape index (κ2) is 7.24. The molecule has 0 aliphatic carbocycles. The van der Waals surface area contributed by atoms with Crippen molar-refractivity contribution in [3.63, 3.8) is 0 Å². The van der Waals surface area contributed by atoms with Crippen LogP contribution in [0, 0.1) is 17.8 Å². The van der Waals surface area contributed by atoms with E-state index in [-0.39, 0.29) is 12.7 Å². The largest absolute Gasteiger partial charge is 0.396 e. The lowest BCUT2D eigenvalue weighted by Crippen LogP contribution is -2.29. The molecule has 0 aliphatic rings. The van der Waals surface area contributed by atoms with Crippen molar-refractivity contribution in [3.05, 3.63) is 0 Å². The molecule has 0 saturated heterocycles. The molecule has 86 valence electrons. The standard InChI is InChI=1S/C12H26O2/c1-9(2)12(10(3)4)11(14)7-5-6-8-13/h9-14H,5-8H2,1-4H3. The minimum absolute atomic E-state index is 0.207. The number of aliphatic hydroxyl groups is 2. The molecule has 1 unspecified atom stereocenters. The van der Waals surface area contributed by atoms with Gasteiger partial charge in [0.15, 0.2) is 0 Å². The summed E-state index contributed by atoms with van der Waals surface area (Å²) in [7, 11) is 0. The Morgan fingerprint density at radius 3 is 1.79 bits per heavy atom. The zero-order valence-electron chi connectivity index (χ0n) is 10.0. The van der Waals surface area contributed by atoms with Crippen LogP contribution in [-0.2, 0) is 0 Å². The average molecular weight is 202 g/mol. The van der Waals surface area contributed by atoms with Gasteiger partial charge in [-0.3, -0.25) is 0 Å². The number of unbranched alkanes of at least 4 members (excludes halogenated alkanes) is 1. The number of rotatable bonds is 7. The molecular weight excluding hydrogens is 176 g/mol. The summed E-state index contributed by atoms with van der Waals surface area (Å²) < 4.78 is 0. The molecule has 0 rings (SSSR count). The normalized spacial score (nSPS) is 14.4. The van der Waals surface area contributed by atoms with Crippen molar-refractivity contribution in [1.82, 2.24) is 0 Å². The van der Waals surface area contributed by atoms with Gasteiger partial charge in [-0.2, -0.15) is 0 Å². The van der Waals surface area contributed by atoms with E-state index in [1.807, 2.05) is 0 Å². The molecule has 0 aromatic heterocycles. The molecule has 0 radical (unpaired) electrons. The molecule has 2 heteroatoms. The highest BCUT2D eigenvalue weighted by Crippen LogP contribution is 2.26. The van der Waals surface area contributed by atoms with Crippen molar-refractivity contribution in [3.8, 4) is 0 Å². The van der Waals surface area contributed by atoms with E-state index >= 15 is 0 Å². The summed E-state index contributed by atoms with van der Waals surface area (Å²) in [5, 5.41) is 18.6. The zero-order valence-corrected chi connectivity index (χ0v) is 10.0. The molecule has 0 bridgehead atoms. The minimum atomic E-state index is -0.207. The first kappa shape index (κ1) is 13.9. The SMILES string of the molecule is CC(C)C(C(C)C)C(O)CCCCO. The van der Waals surface area contributed by atoms with E-state index < -0.39 is 0 Å². The summed E-state index contributed by atoms with van der Waals surface area (Å²) in [4.78, 5) is 0. The summed E-state index contributed by atoms with van der Waals surface area (Å²) in [5.74, 6) is 1.44. The molecule has 0 aliphatic heterocycles. The van der Waals surface area contributed by atoms with Crippen LogP contribution >= 0.6 is 0 Å². The zero-order chi connectivity index (χ0) is 11.1. The first-order chi connectivity index (χ1) is 6.50. The van der Waals surface area contributed by atoms with Crippen molar-refractivity contribution < 1.29 is 10.2 Å². The minimum Gasteiger partial charge on any atom is -0.396 e. The molecule has 0 aromatic rings. The van der Waals surface area contributed by atoms with Crippen LogP contribution in [0.5, 0.6) is 0 Å². The van der Waals surface area contributed by atoms with Crippen LogP contribution in [0.25, 0.3) is 0 Å². The van der Waals surface area contributed by atoms with Crippen LogP contribution in [-0.4, -0.2) is 22.9 Å². The van der Waals surface area contributed by atoms with Crippen molar-refractivity contribution in [1.29, 1.82) is 0 Å². The van der Waals surface area contributed by atoms with Crippen LogP contribution in [0.3, 0.4) is 0 Å². The Morgan fingerprint density at radius 2 is 1.43 bits per heavy atom. The molecule has 0 amide bonds. The third kappa shape index (κ3) is 4.97. The van der Waals surface area contributed by atoms with Gasteiger partial charge < -0.3 is 10.2 Å². The molecule has 0 spiro atoms. The maximum atomic E-state index is 9.99. The van der Waals surface area contributed by atoms with Gasteiger partial charge in [-0.15, -0.1) is 0 Å². The lowest BCUT2D eigenvalue weighted by atomic mass is 9.79. The summed E-state index contributed by atoms with van der Waals surface area (Å²) in [6, 6.07) is 0. The molecule has 14 heavy (non-hydrogen) atoms. The highest BCUT2D eigenvalue weighted by atomic mass is 16.3. The summed E-state index contributed by atoms with van der Waals surface area (Å²) >= 11 is 0. The Balaban J connectivity index is 3.96. The van der Waals surface area contributed by atoms with Gasteiger partial charge in [0, 0.05) is 6.61 Å². The van der Waals surface area contributed by atoms with Crippen LogP contribution in [0.15, 0.2) is 0 Å². The molecule has 0 saturated carbocycles. The van der Waals surface area contributed by atoms with Crippen molar-refractivity contribution in [2.75, 3.05) is 6.61 Å². The van der Waals surface area contributed by atoms with E-state index in [0.29, 0.717) is 17.8 Å². The van der Waals surface area contributed by atoms with E-state index in [0.717, 1.165) is 19.3 Å². The lowest BCUT2D eigenvalue weighted by molar-refractivity contribution is 0.0439. The Morgan fingerprint density at radius 1 is 0.929 bits per heavy atom. The first-order valence-electron chi connectivity index (χ1n) is 5.79. The molecule has 0 heterocycles. The molecule has 0 fully saturated rings. The van der Waals surface area contributed by atoms with E-state index in [4.69, 9.17) is 5.11 Å². The van der Waals surface area contributed by atoms with E-state index in [1.54, 1.807) is 0 Å². The van der Waals surface area contributed by atoms with Crippen molar-refractivity contribution >= 4 is 0 Å². The topological polar surface area (TPSA) is 40.5 Å². The fraction of sp³-hybridized carbons (Fsp3) is 1.00. The third-order valence-corrected chi connectivity index (χ3v) is 2.89. The van der Waals surface area contributed by atoms with Crippen LogP contribution in [0.1, 0.15) is 47.0 Å². The smallest absolute Gasteiger partial charge is 0.0573 e. The Labute approximate surface area is 88.3 Å². The fourth-order valence-electron chi connectivity index (χ4n) is 2.32. The second-order valence-corrected chi connectivity index (χ2v) is 4.85. The van der Waals surface area contributed by atoms with Crippen LogP contribution < -0.4 is 0 Å². The lowest BCUT2D eigenvalue weighted by Gasteiger charge is -2.29. The summed E-state index contributed by atoms with van der Waals surface area (Å²) in [5.41, 5.74) is 0. The molecule has 2 N–H and O–H groups in total. The van der Waals surface area contributed by atoms with Gasteiger partial charge in [0.1, 0.15) is 0 Å². The van der Waals surface area contributed by atoms with Gasteiger partial charge in [-0.05, 0) is 37.0 Å². The van der Waals surface area contributed by atoms with Gasteiger partial charge in [0.25, 0.3) is 0 Å². The van der Waals surface area contributed by atoms with Gasteiger partial charge >= 0.3 is 0 Å². The fourth-order valence-corrected chi connectivity index (χ4v) is 2.32. The van der Waals surface area contributed by atoms with Crippen molar-refractivity contribution in [2.24, 2.45) is 17.8 Å². The third-order valence-electron chi connectivity index (χ3n) is 2.89. The predicted octanol–water partition coefficient (Wildman–Crippen LogP) is 2.44. The van der Waals surface area contributed by atoms with E-state index in [1.165, 1.54) is 0 Å². The van der Waals surface area contributed by atoms with Gasteiger partial charge in [-0.1, -0.05) is 27.7 Å². The van der Waals surface area contributed by atoms with Gasteiger partial charge in [0.05, 0.1) is 6.10 Å². The summed E-state index contributed by atoms with van der Waals surface area (Å²) in [6.07, 6.45) is 2.34. The van der Waals surface area contributed by atoms with Gasteiger partial charge in [0.2, 0.25) is 0 Å². The first-order valence-corrected chi connectivity index (χ1v) is 5.79. The maximum Gasteiger partial charge on any atom is 0.0573 e. The molecule has 1 atom stereocenters. The van der Waals surface area contributed by atoms with Crippen LogP contribution in [0.2, 0.25) is 0 Å². The van der Waals surface area contributed by atoms with Crippen molar-refractivity contribution in [2.45, 2.75) is 53.1 Å². The Bertz CT molecular complexity index is 124. The number of hydrogen-bond donors (Lipinski definition) is 2.